The van der Waals surface area contributed by atoms with Gasteiger partial charge in [0.05, 0.1) is 16.6 Å². The van der Waals surface area contributed by atoms with Crippen molar-refractivity contribution in [3.63, 3.8) is 0 Å². The molecule has 10 heteroatoms. The van der Waals surface area contributed by atoms with Gasteiger partial charge in [0.2, 0.25) is 0 Å². The molecule has 33 heavy (non-hydrogen) atoms. The number of alkyl halides is 6. The van der Waals surface area contributed by atoms with Crippen molar-refractivity contribution in [1.29, 1.82) is 0 Å². The van der Waals surface area contributed by atoms with Crippen molar-refractivity contribution in [2.75, 3.05) is 0 Å². The summed E-state index contributed by atoms with van der Waals surface area (Å²) in [6.45, 7) is 0. The number of hydroxylamine groups is 1. The molecule has 2 N–H and O–H groups in total. The molecule has 0 amide bonds. The van der Waals surface area contributed by atoms with Crippen molar-refractivity contribution < 1.29 is 31.2 Å². The molecular formula is C23H19F6N3O. The highest BCUT2D eigenvalue weighted by Gasteiger charge is 2.39. The van der Waals surface area contributed by atoms with E-state index < -0.39 is 29.1 Å². The van der Waals surface area contributed by atoms with E-state index >= 15 is 0 Å². The Hall–Kier alpha value is -3.01. The molecule has 174 valence electrons. The Morgan fingerprint density at radius 2 is 1.58 bits per heavy atom. The van der Waals surface area contributed by atoms with Crippen molar-refractivity contribution in [2.24, 2.45) is 0 Å². The summed E-state index contributed by atoms with van der Waals surface area (Å²) in [6, 6.07) is 6.53. The van der Waals surface area contributed by atoms with Gasteiger partial charge in [-0.25, -0.2) is 4.98 Å². The van der Waals surface area contributed by atoms with Crippen molar-refractivity contribution in [3.05, 3.63) is 59.4 Å². The van der Waals surface area contributed by atoms with E-state index in [0.717, 1.165) is 44.2 Å². The molecule has 3 aromatic rings. The molecule has 1 aromatic heterocycles. The lowest BCUT2D eigenvalue weighted by molar-refractivity contribution is -0.137. The molecule has 0 bridgehead atoms. The molecule has 1 fully saturated rings. The molecule has 4 nitrogen and oxygen atoms in total. The molecule has 2 aliphatic rings. The van der Waals surface area contributed by atoms with Crippen LogP contribution in [-0.2, 0) is 17.2 Å². The summed E-state index contributed by atoms with van der Waals surface area (Å²) in [5, 5.41) is 0. The zero-order valence-corrected chi connectivity index (χ0v) is 17.2. The molecule has 5 rings (SSSR count). The van der Waals surface area contributed by atoms with Gasteiger partial charge >= 0.3 is 12.4 Å². The molecule has 2 heterocycles. The van der Waals surface area contributed by atoms with E-state index in [-0.39, 0.29) is 28.0 Å². The number of benzene rings is 2. The van der Waals surface area contributed by atoms with E-state index in [2.05, 4.69) is 15.4 Å². The molecule has 0 unspecified atom stereocenters. The number of aromatic nitrogens is 2. The minimum atomic E-state index is -4.81. The van der Waals surface area contributed by atoms with Gasteiger partial charge < -0.3 is 4.98 Å². The topological polar surface area (TPSA) is 49.9 Å². The minimum absolute atomic E-state index is 0.0147. The van der Waals surface area contributed by atoms with E-state index in [1.807, 2.05) is 6.08 Å². The van der Waals surface area contributed by atoms with Crippen LogP contribution >= 0.6 is 0 Å². The molecule has 1 aliphatic carbocycles. The highest BCUT2D eigenvalue weighted by Crippen LogP contribution is 2.42. The van der Waals surface area contributed by atoms with Gasteiger partial charge in [0.25, 0.3) is 0 Å². The average molecular weight is 467 g/mol. The fourth-order valence-corrected chi connectivity index (χ4v) is 4.59. The van der Waals surface area contributed by atoms with Crippen LogP contribution in [-0.4, -0.2) is 15.6 Å². The van der Waals surface area contributed by atoms with Crippen LogP contribution in [0.1, 0.15) is 49.1 Å². The average Bonchev–Trinajstić information content (AvgIpc) is 3.36. The molecule has 2 aromatic carbocycles. The highest BCUT2D eigenvalue weighted by molar-refractivity contribution is 5.88. The lowest BCUT2D eigenvalue weighted by atomic mass is 9.84. The number of aromatic amines is 1. The highest BCUT2D eigenvalue weighted by atomic mass is 19.4. The quantitative estimate of drug-likeness (QED) is 0.406. The first kappa shape index (κ1) is 21.8. The number of fused-ring (bicyclic) bond motifs is 1. The van der Waals surface area contributed by atoms with Gasteiger partial charge in [-0.3, -0.25) is 10.3 Å². The lowest BCUT2D eigenvalue weighted by Crippen LogP contribution is -2.31. The lowest BCUT2D eigenvalue weighted by Gasteiger charge is -2.29. The third-order valence-electron chi connectivity index (χ3n) is 6.16. The monoisotopic (exact) mass is 467 g/mol. The number of imidazole rings is 1. The first-order valence-electron chi connectivity index (χ1n) is 10.5. The molecule has 1 spiro atoms. The Balaban J connectivity index is 1.65. The standard InChI is InChI=1S/C23H19F6N3O/c24-22(25,26)15-7-3-2-6-14(15)13-10-16(23(27,28)29)19-17(11-13)30-20(31-19)18-12-21(33-32-18)8-4-1-5-9-21/h2-3,6-7,10-12,32H,1,4-5,8-9H2,(H,30,31). The van der Waals surface area contributed by atoms with Crippen LogP contribution in [0, 0.1) is 0 Å². The summed E-state index contributed by atoms with van der Waals surface area (Å²) < 4.78 is 82.1. The van der Waals surface area contributed by atoms with Gasteiger partial charge in [0.15, 0.2) is 5.82 Å². The number of nitrogens with zero attached hydrogens (tertiary/aromatic N) is 1. The van der Waals surface area contributed by atoms with Crippen molar-refractivity contribution in [3.8, 4) is 11.1 Å². The van der Waals surface area contributed by atoms with E-state index in [0.29, 0.717) is 11.8 Å². The largest absolute Gasteiger partial charge is 0.418 e. The van der Waals surface area contributed by atoms with Gasteiger partial charge in [0, 0.05) is 0 Å². The first-order chi connectivity index (χ1) is 15.6. The number of halogens is 6. The van der Waals surface area contributed by atoms with Crippen LogP contribution in [0.5, 0.6) is 0 Å². The molecular weight excluding hydrogens is 448 g/mol. The number of rotatable bonds is 2. The third-order valence-corrected chi connectivity index (χ3v) is 6.16. The second kappa shape index (κ2) is 7.51. The smallest absolute Gasteiger partial charge is 0.337 e. The summed E-state index contributed by atoms with van der Waals surface area (Å²) in [4.78, 5) is 12.7. The summed E-state index contributed by atoms with van der Waals surface area (Å²) in [7, 11) is 0. The van der Waals surface area contributed by atoms with Gasteiger partial charge in [-0.05, 0) is 48.2 Å². The van der Waals surface area contributed by atoms with Gasteiger partial charge in [-0.15, -0.1) is 0 Å². The molecule has 1 saturated carbocycles. The number of hydrogen-bond acceptors (Lipinski definition) is 3. The normalized spacial score (nSPS) is 18.5. The predicted molar refractivity (Wildman–Crippen MR) is 110 cm³/mol. The van der Waals surface area contributed by atoms with Crippen LogP contribution in [0.4, 0.5) is 26.3 Å². The van der Waals surface area contributed by atoms with Gasteiger partial charge in [-0.1, -0.05) is 37.5 Å². The number of hydrogen-bond donors (Lipinski definition) is 2. The number of H-pyrrole nitrogens is 1. The van der Waals surface area contributed by atoms with Crippen molar-refractivity contribution >= 4 is 16.7 Å². The second-order valence-electron chi connectivity index (χ2n) is 8.43. The summed E-state index contributed by atoms with van der Waals surface area (Å²) in [5.41, 5.74) is -0.373. The summed E-state index contributed by atoms with van der Waals surface area (Å²) >= 11 is 0. The van der Waals surface area contributed by atoms with E-state index in [1.165, 1.54) is 18.2 Å². The summed E-state index contributed by atoms with van der Waals surface area (Å²) in [5.74, 6) is 0.138. The van der Waals surface area contributed by atoms with Gasteiger partial charge in [0.1, 0.15) is 16.8 Å². The molecule has 0 saturated heterocycles. The van der Waals surface area contributed by atoms with Crippen LogP contribution in [0.2, 0.25) is 0 Å². The maximum atomic E-state index is 13.9. The second-order valence-corrected chi connectivity index (χ2v) is 8.43. The minimum Gasteiger partial charge on any atom is -0.337 e. The molecule has 0 radical (unpaired) electrons. The van der Waals surface area contributed by atoms with Crippen LogP contribution in [0.3, 0.4) is 0 Å². The molecule has 0 atom stereocenters. The predicted octanol–water partition coefficient (Wildman–Crippen LogP) is 6.85. The van der Waals surface area contributed by atoms with Crippen LogP contribution in [0.25, 0.3) is 27.9 Å². The Morgan fingerprint density at radius 3 is 2.27 bits per heavy atom. The van der Waals surface area contributed by atoms with E-state index in [9.17, 15) is 26.3 Å². The maximum absolute atomic E-state index is 13.9. The maximum Gasteiger partial charge on any atom is 0.418 e. The zero-order chi connectivity index (χ0) is 23.4. The van der Waals surface area contributed by atoms with E-state index in [4.69, 9.17) is 4.84 Å². The van der Waals surface area contributed by atoms with E-state index in [1.54, 1.807) is 0 Å². The summed E-state index contributed by atoms with van der Waals surface area (Å²) in [6.07, 6.45) is -3.07. The van der Waals surface area contributed by atoms with Crippen LogP contribution < -0.4 is 5.48 Å². The first-order valence-corrected chi connectivity index (χ1v) is 10.5. The Bertz CT molecular complexity index is 1240. The fourth-order valence-electron chi connectivity index (χ4n) is 4.59. The van der Waals surface area contributed by atoms with Crippen molar-refractivity contribution in [1.82, 2.24) is 15.4 Å². The fraction of sp³-hybridized carbons (Fsp3) is 0.348. The third kappa shape index (κ3) is 3.96. The molecule has 1 aliphatic heterocycles. The van der Waals surface area contributed by atoms with Crippen LogP contribution in [0.15, 0.2) is 42.5 Å². The Morgan fingerprint density at radius 1 is 0.879 bits per heavy atom. The Kier molecular flexibility index (Phi) is 4.97. The van der Waals surface area contributed by atoms with Crippen molar-refractivity contribution in [2.45, 2.75) is 50.1 Å². The Labute approximate surface area is 184 Å². The SMILES string of the molecule is FC(F)(F)c1ccccc1-c1cc(C(F)(F)F)c2nc(C3=CC4(CCCCC4)ON3)[nH]c2c1. The zero-order valence-electron chi connectivity index (χ0n) is 17.2. The van der Waals surface area contributed by atoms with Gasteiger partial charge in [-0.2, -0.15) is 26.3 Å². The number of nitrogens with one attached hydrogen (secondary N) is 2.